The Morgan fingerprint density at radius 3 is 2.73 bits per heavy atom. The Morgan fingerprint density at radius 1 is 1.27 bits per heavy atom. The van der Waals surface area contributed by atoms with Crippen molar-refractivity contribution in [2.45, 2.75) is 25.2 Å². The number of rotatable bonds is 4. The first-order valence-electron chi connectivity index (χ1n) is 9.02. The summed E-state index contributed by atoms with van der Waals surface area (Å²) in [6.45, 7) is 1.71. The highest BCUT2D eigenvalue weighted by atomic mass is 32.1. The van der Waals surface area contributed by atoms with E-state index in [4.69, 9.17) is 4.74 Å². The molecule has 0 amide bonds. The van der Waals surface area contributed by atoms with E-state index in [-0.39, 0.29) is 23.1 Å². The van der Waals surface area contributed by atoms with Crippen molar-refractivity contribution in [3.05, 3.63) is 59.1 Å². The number of esters is 1. The number of hydrazone groups is 1. The Bertz CT molecular complexity index is 1140. The van der Waals surface area contributed by atoms with Gasteiger partial charge in [0.1, 0.15) is 0 Å². The number of aliphatic hydroxyl groups is 1. The molecule has 2 aromatic carbocycles. The van der Waals surface area contributed by atoms with E-state index in [1.807, 2.05) is 18.2 Å². The zero-order valence-corrected chi connectivity index (χ0v) is 16.5. The number of carbonyl (C=O) groups excluding carboxylic acids is 1. The second kappa shape index (κ2) is 7.37. The maximum Gasteiger partial charge on any atom is 0.438 e. The van der Waals surface area contributed by atoms with Crippen LogP contribution in [0.2, 0.25) is 0 Å². The van der Waals surface area contributed by atoms with E-state index >= 15 is 0 Å². The predicted octanol–water partition coefficient (Wildman–Crippen LogP) is 4.34. The molecular formula is C20H16F3N3O3S. The number of alkyl halides is 3. The molecule has 0 radical (unpaired) electrons. The summed E-state index contributed by atoms with van der Waals surface area (Å²) in [6, 6.07) is 12.5. The molecule has 0 spiro atoms. The molecule has 1 N–H and O–H groups in total. The highest BCUT2D eigenvalue weighted by Crippen LogP contribution is 2.45. The molecule has 4 rings (SSSR count). The summed E-state index contributed by atoms with van der Waals surface area (Å²) in [7, 11) is 0. The first-order chi connectivity index (χ1) is 14.2. The third-order valence-corrected chi connectivity index (χ3v) is 5.51. The molecule has 156 valence electrons. The third kappa shape index (κ3) is 3.31. The van der Waals surface area contributed by atoms with Gasteiger partial charge in [0.05, 0.1) is 18.7 Å². The van der Waals surface area contributed by atoms with Gasteiger partial charge in [-0.1, -0.05) is 42.5 Å². The predicted molar refractivity (Wildman–Crippen MR) is 107 cm³/mol. The average Bonchev–Trinajstić information content (AvgIpc) is 3.33. The van der Waals surface area contributed by atoms with Crippen molar-refractivity contribution in [3.63, 3.8) is 0 Å². The molecular weight excluding hydrogens is 419 g/mol. The smallest absolute Gasteiger partial charge is 0.438 e. The molecule has 1 atom stereocenters. The summed E-state index contributed by atoms with van der Waals surface area (Å²) in [4.78, 5) is 15.8. The van der Waals surface area contributed by atoms with Gasteiger partial charge in [0.15, 0.2) is 5.69 Å². The summed E-state index contributed by atoms with van der Waals surface area (Å²) >= 11 is 0.767. The molecule has 0 saturated heterocycles. The summed E-state index contributed by atoms with van der Waals surface area (Å²) < 4.78 is 46.5. The highest BCUT2D eigenvalue weighted by molar-refractivity contribution is 7.14. The van der Waals surface area contributed by atoms with Crippen LogP contribution in [0.15, 0.2) is 52.9 Å². The normalized spacial score (nSPS) is 19.2. The van der Waals surface area contributed by atoms with Crippen molar-refractivity contribution < 1.29 is 27.8 Å². The monoisotopic (exact) mass is 435 g/mol. The van der Waals surface area contributed by atoms with Gasteiger partial charge in [-0.05, 0) is 17.7 Å². The van der Waals surface area contributed by atoms with E-state index in [0.29, 0.717) is 10.6 Å². The van der Waals surface area contributed by atoms with E-state index in [0.717, 1.165) is 22.1 Å². The van der Waals surface area contributed by atoms with Crippen molar-refractivity contribution in [2.75, 3.05) is 11.6 Å². The molecule has 30 heavy (non-hydrogen) atoms. The molecule has 1 unspecified atom stereocenters. The second-order valence-corrected chi connectivity index (χ2v) is 7.45. The molecule has 0 saturated carbocycles. The van der Waals surface area contributed by atoms with Crippen LogP contribution in [0.3, 0.4) is 0 Å². The fourth-order valence-corrected chi connectivity index (χ4v) is 4.06. The number of carbonyl (C=O) groups is 1. The molecule has 1 aromatic heterocycles. The van der Waals surface area contributed by atoms with Crippen LogP contribution in [-0.2, 0) is 4.74 Å². The van der Waals surface area contributed by atoms with Crippen molar-refractivity contribution >= 4 is 38.9 Å². The quantitative estimate of drug-likeness (QED) is 0.617. The number of ether oxygens (including phenoxy) is 1. The Kier molecular flexibility index (Phi) is 4.99. The molecule has 10 heteroatoms. The van der Waals surface area contributed by atoms with Crippen molar-refractivity contribution in [3.8, 4) is 0 Å². The molecule has 6 nitrogen and oxygen atoms in total. The van der Waals surface area contributed by atoms with Gasteiger partial charge in [-0.25, -0.2) is 9.78 Å². The maximum absolute atomic E-state index is 13.9. The van der Waals surface area contributed by atoms with Crippen LogP contribution in [-0.4, -0.2) is 40.3 Å². The number of hydrogen-bond donors (Lipinski definition) is 1. The lowest BCUT2D eigenvalue weighted by atomic mass is 9.96. The zero-order valence-electron chi connectivity index (χ0n) is 15.7. The Balaban J connectivity index is 1.80. The Labute approximate surface area is 173 Å². The molecule has 1 aliphatic rings. The lowest BCUT2D eigenvalue weighted by Gasteiger charge is -2.32. The van der Waals surface area contributed by atoms with Gasteiger partial charge < -0.3 is 9.84 Å². The van der Waals surface area contributed by atoms with Gasteiger partial charge >= 0.3 is 12.1 Å². The van der Waals surface area contributed by atoms with E-state index in [9.17, 15) is 23.1 Å². The van der Waals surface area contributed by atoms with Gasteiger partial charge in [0.25, 0.3) is 5.72 Å². The van der Waals surface area contributed by atoms with Gasteiger partial charge in [-0.2, -0.15) is 23.3 Å². The SMILES string of the molecule is CCOC(=O)c1csc(N2N=C(c3cccc4ccccc34)CC2(O)C(F)(F)F)n1. The first-order valence-corrected chi connectivity index (χ1v) is 9.90. The van der Waals surface area contributed by atoms with Crippen molar-refractivity contribution in [1.29, 1.82) is 0 Å². The molecule has 3 aromatic rings. The fraction of sp³-hybridized carbons (Fsp3) is 0.250. The number of benzene rings is 2. The first kappa shape index (κ1) is 20.3. The number of hydrogen-bond acceptors (Lipinski definition) is 7. The molecule has 2 heterocycles. The van der Waals surface area contributed by atoms with Gasteiger partial charge in [0.2, 0.25) is 5.13 Å². The number of fused-ring (bicyclic) bond motifs is 1. The van der Waals surface area contributed by atoms with Gasteiger partial charge in [0, 0.05) is 10.9 Å². The van der Waals surface area contributed by atoms with Crippen molar-refractivity contribution in [1.82, 2.24) is 4.98 Å². The van der Waals surface area contributed by atoms with Crippen molar-refractivity contribution in [2.24, 2.45) is 5.10 Å². The van der Waals surface area contributed by atoms with E-state index < -0.39 is 24.3 Å². The standard InChI is InChI=1S/C20H16F3N3O3S/c1-2-29-17(27)16-11-30-18(24-16)26-19(28,20(21,22)23)10-15(25-26)14-9-5-7-12-6-3-4-8-13(12)14/h3-9,11,28H,2,10H2,1H3. The summed E-state index contributed by atoms with van der Waals surface area (Å²) in [6.07, 6.45) is -5.79. The van der Waals surface area contributed by atoms with Gasteiger partial charge in [-0.3, -0.25) is 0 Å². The lowest BCUT2D eigenvalue weighted by molar-refractivity contribution is -0.254. The number of halogens is 3. The summed E-state index contributed by atoms with van der Waals surface area (Å²) in [5.41, 5.74) is -2.88. The van der Waals surface area contributed by atoms with Gasteiger partial charge in [-0.15, -0.1) is 11.3 Å². The van der Waals surface area contributed by atoms with Crippen LogP contribution in [0.25, 0.3) is 10.8 Å². The Hall–Kier alpha value is -2.98. The Morgan fingerprint density at radius 2 is 2.00 bits per heavy atom. The largest absolute Gasteiger partial charge is 0.461 e. The highest BCUT2D eigenvalue weighted by Gasteiger charge is 2.62. The molecule has 0 bridgehead atoms. The van der Waals surface area contributed by atoms with Crippen LogP contribution in [0.5, 0.6) is 0 Å². The summed E-state index contributed by atoms with van der Waals surface area (Å²) in [5, 5.41) is 17.7. The number of nitrogens with zero attached hydrogens (tertiary/aromatic N) is 3. The molecule has 1 aliphatic heterocycles. The minimum atomic E-state index is -5.02. The minimum absolute atomic E-state index is 0.0690. The topological polar surface area (TPSA) is 75.0 Å². The van der Waals surface area contributed by atoms with Crippen LogP contribution >= 0.6 is 11.3 Å². The van der Waals surface area contributed by atoms with Crippen LogP contribution < -0.4 is 5.01 Å². The number of aromatic nitrogens is 1. The lowest BCUT2D eigenvalue weighted by Crippen LogP contribution is -2.55. The van der Waals surface area contributed by atoms with E-state index in [1.54, 1.807) is 31.2 Å². The fourth-order valence-electron chi connectivity index (χ4n) is 3.25. The zero-order chi connectivity index (χ0) is 21.5. The molecule has 0 aliphatic carbocycles. The second-order valence-electron chi connectivity index (χ2n) is 6.61. The maximum atomic E-state index is 13.9. The third-order valence-electron chi connectivity index (χ3n) is 4.70. The van der Waals surface area contributed by atoms with E-state index in [2.05, 4.69) is 10.1 Å². The number of thiazole rings is 1. The summed E-state index contributed by atoms with van der Waals surface area (Å²) in [5.74, 6) is -0.756. The van der Waals surface area contributed by atoms with Crippen LogP contribution in [0, 0.1) is 0 Å². The van der Waals surface area contributed by atoms with E-state index in [1.165, 1.54) is 5.38 Å². The minimum Gasteiger partial charge on any atom is -0.461 e. The molecule has 0 fully saturated rings. The van der Waals surface area contributed by atoms with Crippen LogP contribution in [0.1, 0.15) is 29.4 Å². The average molecular weight is 435 g/mol. The van der Waals surface area contributed by atoms with Crippen LogP contribution in [0.4, 0.5) is 18.3 Å². The number of anilines is 1.